The Morgan fingerprint density at radius 2 is 2.00 bits per heavy atom. The summed E-state index contributed by atoms with van der Waals surface area (Å²) in [6, 6.07) is 5.43. The van der Waals surface area contributed by atoms with E-state index in [1.54, 1.807) is 6.07 Å². The molecule has 1 N–H and O–H groups in total. The number of anilines is 1. The van der Waals surface area contributed by atoms with Crippen molar-refractivity contribution in [2.45, 2.75) is 0 Å². The monoisotopic (exact) mass is 236 g/mol. The third-order valence-electron chi connectivity index (χ3n) is 2.27. The highest BCUT2D eigenvalue weighted by Crippen LogP contribution is 2.07. The van der Waals surface area contributed by atoms with E-state index >= 15 is 0 Å². The van der Waals surface area contributed by atoms with Crippen LogP contribution in [0.1, 0.15) is 10.5 Å². The molecule has 1 amide bonds. The van der Waals surface area contributed by atoms with Crippen LogP contribution in [0.4, 0.5) is 5.82 Å². The maximum atomic E-state index is 11.8. The lowest BCUT2D eigenvalue weighted by Gasteiger charge is -2.13. The SMILES string of the molecule is CN(C)CCNC(=O)c1cccc(N(C)C)n1. The molecule has 0 bridgehead atoms. The predicted molar refractivity (Wildman–Crippen MR) is 69.5 cm³/mol. The van der Waals surface area contributed by atoms with Gasteiger partial charge in [0.1, 0.15) is 11.5 Å². The highest BCUT2D eigenvalue weighted by molar-refractivity contribution is 5.92. The molecule has 1 aromatic rings. The number of amides is 1. The number of hydrogen-bond acceptors (Lipinski definition) is 4. The number of hydrogen-bond donors (Lipinski definition) is 1. The van der Waals surface area contributed by atoms with E-state index in [0.717, 1.165) is 12.4 Å². The predicted octanol–water partition coefficient (Wildman–Crippen LogP) is 0.439. The van der Waals surface area contributed by atoms with E-state index in [-0.39, 0.29) is 5.91 Å². The molecule has 0 aliphatic rings. The second-order valence-corrected chi connectivity index (χ2v) is 4.33. The Kier molecular flexibility index (Phi) is 4.90. The minimum atomic E-state index is -0.129. The summed E-state index contributed by atoms with van der Waals surface area (Å²) in [5, 5.41) is 2.83. The Hall–Kier alpha value is -1.62. The molecular formula is C12H20N4O. The fourth-order valence-corrected chi connectivity index (χ4v) is 1.28. The lowest BCUT2D eigenvalue weighted by atomic mass is 10.3. The third-order valence-corrected chi connectivity index (χ3v) is 2.27. The number of nitrogens with one attached hydrogen (secondary N) is 1. The van der Waals surface area contributed by atoms with Crippen molar-refractivity contribution in [3.8, 4) is 0 Å². The molecule has 5 nitrogen and oxygen atoms in total. The third kappa shape index (κ3) is 4.40. The molecule has 0 aromatic carbocycles. The van der Waals surface area contributed by atoms with E-state index in [4.69, 9.17) is 0 Å². The van der Waals surface area contributed by atoms with Gasteiger partial charge in [-0.15, -0.1) is 0 Å². The number of rotatable bonds is 5. The molecule has 1 rings (SSSR count). The maximum absolute atomic E-state index is 11.8. The summed E-state index contributed by atoms with van der Waals surface area (Å²) in [6.45, 7) is 1.44. The first kappa shape index (κ1) is 13.4. The summed E-state index contributed by atoms with van der Waals surface area (Å²) in [5.41, 5.74) is 0.454. The summed E-state index contributed by atoms with van der Waals surface area (Å²) >= 11 is 0. The summed E-state index contributed by atoms with van der Waals surface area (Å²) < 4.78 is 0. The van der Waals surface area contributed by atoms with E-state index in [2.05, 4.69) is 10.3 Å². The molecular weight excluding hydrogens is 216 g/mol. The Bertz CT molecular complexity index is 377. The van der Waals surface area contributed by atoms with Crippen LogP contribution < -0.4 is 10.2 Å². The van der Waals surface area contributed by atoms with Gasteiger partial charge in [-0.3, -0.25) is 4.79 Å². The first-order valence-corrected chi connectivity index (χ1v) is 5.58. The molecule has 1 aromatic heterocycles. The molecule has 0 aliphatic heterocycles. The summed E-state index contributed by atoms with van der Waals surface area (Å²) in [6.07, 6.45) is 0. The van der Waals surface area contributed by atoms with Crippen molar-refractivity contribution in [3.63, 3.8) is 0 Å². The molecule has 0 radical (unpaired) electrons. The van der Waals surface area contributed by atoms with Gasteiger partial charge in [-0.25, -0.2) is 4.98 Å². The lowest BCUT2D eigenvalue weighted by Crippen LogP contribution is -2.32. The number of likely N-dealkylation sites (N-methyl/N-ethyl adjacent to an activating group) is 1. The maximum Gasteiger partial charge on any atom is 0.270 e. The zero-order valence-electron chi connectivity index (χ0n) is 10.9. The zero-order valence-corrected chi connectivity index (χ0v) is 10.9. The van der Waals surface area contributed by atoms with E-state index < -0.39 is 0 Å². The number of carbonyl (C=O) groups excluding carboxylic acids is 1. The van der Waals surface area contributed by atoms with Crippen LogP contribution in [0, 0.1) is 0 Å². The highest BCUT2D eigenvalue weighted by Gasteiger charge is 2.07. The van der Waals surface area contributed by atoms with Crippen molar-refractivity contribution >= 4 is 11.7 Å². The first-order chi connectivity index (χ1) is 8.00. The van der Waals surface area contributed by atoms with Gasteiger partial charge in [-0.2, -0.15) is 0 Å². The van der Waals surface area contributed by atoms with E-state index in [1.165, 1.54) is 0 Å². The van der Waals surface area contributed by atoms with Crippen molar-refractivity contribution in [1.82, 2.24) is 15.2 Å². The van der Waals surface area contributed by atoms with Crippen LogP contribution in [-0.2, 0) is 0 Å². The molecule has 0 fully saturated rings. The fraction of sp³-hybridized carbons (Fsp3) is 0.500. The van der Waals surface area contributed by atoms with Crippen molar-refractivity contribution in [3.05, 3.63) is 23.9 Å². The fourth-order valence-electron chi connectivity index (χ4n) is 1.28. The van der Waals surface area contributed by atoms with Crippen molar-refractivity contribution in [2.24, 2.45) is 0 Å². The van der Waals surface area contributed by atoms with E-state index in [9.17, 15) is 4.79 Å². The Morgan fingerprint density at radius 3 is 2.59 bits per heavy atom. The van der Waals surface area contributed by atoms with Crippen molar-refractivity contribution < 1.29 is 4.79 Å². The normalized spacial score (nSPS) is 10.4. The minimum Gasteiger partial charge on any atom is -0.363 e. The molecule has 17 heavy (non-hydrogen) atoms. The van der Waals surface area contributed by atoms with E-state index in [0.29, 0.717) is 12.2 Å². The average Bonchev–Trinajstić information content (AvgIpc) is 2.28. The Balaban J connectivity index is 2.59. The summed E-state index contributed by atoms with van der Waals surface area (Å²) in [4.78, 5) is 19.9. The van der Waals surface area contributed by atoms with Gasteiger partial charge >= 0.3 is 0 Å². The standard InChI is InChI=1S/C12H20N4O/c1-15(2)9-8-13-12(17)10-6-5-7-11(14-10)16(3)4/h5-7H,8-9H2,1-4H3,(H,13,17). The number of nitrogens with zero attached hydrogens (tertiary/aromatic N) is 3. The molecule has 94 valence electrons. The molecule has 0 saturated carbocycles. The molecule has 0 saturated heterocycles. The van der Waals surface area contributed by atoms with Crippen LogP contribution in [0.25, 0.3) is 0 Å². The second kappa shape index (κ2) is 6.20. The second-order valence-electron chi connectivity index (χ2n) is 4.33. The number of pyridine rings is 1. The van der Waals surface area contributed by atoms with Gasteiger partial charge in [-0.1, -0.05) is 6.07 Å². The number of aromatic nitrogens is 1. The van der Waals surface area contributed by atoms with Gasteiger partial charge in [0, 0.05) is 27.2 Å². The van der Waals surface area contributed by atoms with Gasteiger partial charge in [0.15, 0.2) is 0 Å². The average molecular weight is 236 g/mol. The first-order valence-electron chi connectivity index (χ1n) is 5.58. The highest BCUT2D eigenvalue weighted by atomic mass is 16.1. The van der Waals surface area contributed by atoms with Crippen molar-refractivity contribution in [1.29, 1.82) is 0 Å². The summed E-state index contributed by atoms with van der Waals surface area (Å²) in [7, 11) is 7.74. The van der Waals surface area contributed by atoms with Crippen LogP contribution in [0.2, 0.25) is 0 Å². The molecule has 5 heteroatoms. The quantitative estimate of drug-likeness (QED) is 0.806. The number of carbonyl (C=O) groups is 1. The van der Waals surface area contributed by atoms with Crippen LogP contribution >= 0.6 is 0 Å². The Morgan fingerprint density at radius 1 is 1.29 bits per heavy atom. The van der Waals surface area contributed by atoms with Crippen LogP contribution in [-0.4, -0.2) is 57.1 Å². The largest absolute Gasteiger partial charge is 0.363 e. The zero-order chi connectivity index (χ0) is 12.8. The molecule has 0 spiro atoms. The van der Waals surface area contributed by atoms with Gasteiger partial charge in [0.2, 0.25) is 0 Å². The van der Waals surface area contributed by atoms with Crippen LogP contribution in [0.15, 0.2) is 18.2 Å². The van der Waals surface area contributed by atoms with Crippen LogP contribution in [0.3, 0.4) is 0 Å². The van der Waals surface area contributed by atoms with Gasteiger partial charge in [0.05, 0.1) is 0 Å². The Labute approximate surface area is 102 Å². The molecule has 0 unspecified atom stereocenters. The van der Waals surface area contributed by atoms with Gasteiger partial charge in [-0.05, 0) is 26.2 Å². The molecule has 0 aliphatic carbocycles. The topological polar surface area (TPSA) is 48.5 Å². The lowest BCUT2D eigenvalue weighted by molar-refractivity contribution is 0.0946. The van der Waals surface area contributed by atoms with E-state index in [1.807, 2.05) is 50.1 Å². The van der Waals surface area contributed by atoms with Gasteiger partial charge < -0.3 is 15.1 Å². The van der Waals surface area contributed by atoms with Gasteiger partial charge in [0.25, 0.3) is 5.91 Å². The minimum absolute atomic E-state index is 0.129. The van der Waals surface area contributed by atoms with Crippen LogP contribution in [0.5, 0.6) is 0 Å². The summed E-state index contributed by atoms with van der Waals surface area (Å²) in [5.74, 6) is 0.654. The molecule has 1 heterocycles. The van der Waals surface area contributed by atoms with Crippen molar-refractivity contribution in [2.75, 3.05) is 46.2 Å². The smallest absolute Gasteiger partial charge is 0.270 e. The molecule has 0 atom stereocenters.